The van der Waals surface area contributed by atoms with E-state index in [4.69, 9.17) is 0 Å². The molecule has 0 rings (SSSR count). The lowest BCUT2D eigenvalue weighted by Crippen LogP contribution is -2.20. The Morgan fingerprint density at radius 3 is 1.94 bits per heavy atom. The first-order valence-electron chi connectivity index (χ1n) is 6.57. The van der Waals surface area contributed by atoms with Crippen LogP contribution in [0.15, 0.2) is 0 Å². The summed E-state index contributed by atoms with van der Waals surface area (Å²) < 4.78 is 31.1. The molecule has 0 aromatic rings. The topological polar surface area (TPSA) is 77.4 Å². The SMILES string of the molecule is CCCCCCCCCCC(O)CS(=O)(=O)[O-]. The third-order valence-electron chi connectivity index (χ3n) is 2.79. The Morgan fingerprint density at radius 1 is 1.00 bits per heavy atom. The van der Waals surface area contributed by atoms with Gasteiger partial charge in [0.2, 0.25) is 0 Å². The van der Waals surface area contributed by atoms with E-state index in [-0.39, 0.29) is 0 Å². The van der Waals surface area contributed by atoms with Gasteiger partial charge in [0.25, 0.3) is 0 Å². The van der Waals surface area contributed by atoms with E-state index in [0.29, 0.717) is 6.42 Å². The van der Waals surface area contributed by atoms with Crippen molar-refractivity contribution >= 4 is 10.1 Å². The van der Waals surface area contributed by atoms with Gasteiger partial charge in [0.15, 0.2) is 0 Å². The average Bonchev–Trinajstić information content (AvgIpc) is 2.19. The number of rotatable bonds is 11. The summed E-state index contributed by atoms with van der Waals surface area (Å²) in [6.07, 6.45) is 8.63. The highest BCUT2D eigenvalue weighted by atomic mass is 32.2. The molecule has 0 aliphatic heterocycles. The highest BCUT2D eigenvalue weighted by molar-refractivity contribution is 7.85. The summed E-state index contributed by atoms with van der Waals surface area (Å²) in [5.41, 5.74) is 0. The molecule has 104 valence electrons. The Morgan fingerprint density at radius 2 is 1.47 bits per heavy atom. The van der Waals surface area contributed by atoms with E-state index in [1.807, 2.05) is 0 Å². The Bertz CT molecular complexity index is 262. The van der Waals surface area contributed by atoms with Crippen molar-refractivity contribution in [3.8, 4) is 0 Å². The van der Waals surface area contributed by atoms with E-state index < -0.39 is 22.0 Å². The second kappa shape index (κ2) is 9.85. The third kappa shape index (κ3) is 13.8. The molecule has 1 atom stereocenters. The van der Waals surface area contributed by atoms with Crippen LogP contribution in [-0.2, 0) is 10.1 Å². The molecule has 1 unspecified atom stereocenters. The van der Waals surface area contributed by atoms with Crippen LogP contribution >= 0.6 is 0 Å². The molecule has 0 amide bonds. The zero-order valence-electron chi connectivity index (χ0n) is 10.7. The number of hydrogen-bond acceptors (Lipinski definition) is 4. The zero-order chi connectivity index (χ0) is 13.1. The van der Waals surface area contributed by atoms with E-state index in [2.05, 4.69) is 6.92 Å². The molecular formula is C12H25O4S-. The molecule has 0 spiro atoms. The first kappa shape index (κ1) is 16.9. The minimum atomic E-state index is -4.28. The van der Waals surface area contributed by atoms with Crippen LogP contribution in [0.2, 0.25) is 0 Å². The molecule has 0 saturated heterocycles. The summed E-state index contributed by atoms with van der Waals surface area (Å²) in [5.74, 6) is -0.649. The van der Waals surface area contributed by atoms with Crippen molar-refractivity contribution in [2.45, 2.75) is 70.8 Å². The monoisotopic (exact) mass is 265 g/mol. The molecule has 0 aromatic carbocycles. The van der Waals surface area contributed by atoms with Gasteiger partial charge >= 0.3 is 0 Å². The van der Waals surface area contributed by atoms with Crippen LogP contribution in [0.3, 0.4) is 0 Å². The van der Waals surface area contributed by atoms with Crippen molar-refractivity contribution in [1.29, 1.82) is 0 Å². The second-order valence-corrected chi connectivity index (χ2v) is 6.09. The smallest absolute Gasteiger partial charge is 0.0971 e. The first-order chi connectivity index (χ1) is 7.95. The molecule has 0 aliphatic rings. The fraction of sp³-hybridized carbons (Fsp3) is 1.00. The molecule has 0 aliphatic carbocycles. The maximum atomic E-state index is 10.4. The van der Waals surface area contributed by atoms with Crippen molar-refractivity contribution in [2.24, 2.45) is 0 Å². The van der Waals surface area contributed by atoms with Gasteiger partial charge in [0, 0.05) is 0 Å². The Kier molecular flexibility index (Phi) is 9.78. The van der Waals surface area contributed by atoms with Crippen molar-refractivity contribution < 1.29 is 18.1 Å². The summed E-state index contributed by atoms with van der Waals surface area (Å²) in [7, 11) is -4.28. The van der Waals surface area contributed by atoms with Gasteiger partial charge in [-0.2, -0.15) is 0 Å². The van der Waals surface area contributed by atoms with Crippen molar-refractivity contribution in [3.05, 3.63) is 0 Å². The van der Waals surface area contributed by atoms with E-state index in [1.54, 1.807) is 0 Å². The van der Waals surface area contributed by atoms with E-state index in [1.165, 1.54) is 32.1 Å². The van der Waals surface area contributed by atoms with Crippen molar-refractivity contribution in [2.75, 3.05) is 5.75 Å². The molecule has 5 heteroatoms. The fourth-order valence-electron chi connectivity index (χ4n) is 1.83. The molecule has 0 heterocycles. The molecular weight excluding hydrogens is 240 g/mol. The van der Waals surface area contributed by atoms with Gasteiger partial charge in [-0.05, 0) is 6.42 Å². The molecule has 0 saturated carbocycles. The van der Waals surface area contributed by atoms with Gasteiger partial charge in [-0.15, -0.1) is 0 Å². The molecule has 0 fully saturated rings. The lowest BCUT2D eigenvalue weighted by atomic mass is 10.1. The van der Waals surface area contributed by atoms with Crippen LogP contribution in [0, 0.1) is 0 Å². The number of unbranched alkanes of at least 4 members (excludes halogenated alkanes) is 7. The minimum Gasteiger partial charge on any atom is -0.748 e. The van der Waals surface area contributed by atoms with E-state index in [9.17, 15) is 18.1 Å². The van der Waals surface area contributed by atoms with Crippen LogP contribution in [0.4, 0.5) is 0 Å². The predicted octanol–water partition coefficient (Wildman–Crippen LogP) is 2.42. The predicted molar refractivity (Wildman–Crippen MR) is 67.8 cm³/mol. The average molecular weight is 265 g/mol. The molecule has 0 bridgehead atoms. The van der Waals surface area contributed by atoms with Crippen LogP contribution in [-0.4, -0.2) is 29.9 Å². The summed E-state index contributed by atoms with van der Waals surface area (Å²) in [4.78, 5) is 0. The first-order valence-corrected chi connectivity index (χ1v) is 8.15. The summed E-state index contributed by atoms with van der Waals surface area (Å²) in [6, 6.07) is 0. The van der Waals surface area contributed by atoms with Gasteiger partial charge in [0.1, 0.15) is 0 Å². The standard InChI is InChI=1S/C12H26O4S/c1-2-3-4-5-6-7-8-9-10-12(13)11-17(14,15)16/h12-13H,2-11H2,1H3,(H,14,15,16)/p-1. The largest absolute Gasteiger partial charge is 0.748 e. The Hall–Kier alpha value is -0.130. The Labute approximate surface area is 105 Å². The Balaban J connectivity index is 3.28. The van der Waals surface area contributed by atoms with Crippen molar-refractivity contribution in [1.82, 2.24) is 0 Å². The van der Waals surface area contributed by atoms with E-state index >= 15 is 0 Å². The van der Waals surface area contributed by atoms with Gasteiger partial charge in [0.05, 0.1) is 22.0 Å². The lowest BCUT2D eigenvalue weighted by Gasteiger charge is -2.12. The molecule has 4 nitrogen and oxygen atoms in total. The number of aliphatic hydroxyl groups excluding tert-OH is 1. The number of hydrogen-bond donors (Lipinski definition) is 1. The normalized spacial score (nSPS) is 13.8. The summed E-state index contributed by atoms with van der Waals surface area (Å²) >= 11 is 0. The maximum Gasteiger partial charge on any atom is 0.0971 e. The van der Waals surface area contributed by atoms with Crippen LogP contribution in [0.5, 0.6) is 0 Å². The van der Waals surface area contributed by atoms with Crippen LogP contribution in [0.1, 0.15) is 64.7 Å². The van der Waals surface area contributed by atoms with Gasteiger partial charge in [-0.25, -0.2) is 8.42 Å². The summed E-state index contributed by atoms with van der Waals surface area (Å²) in [6.45, 7) is 2.19. The molecule has 0 radical (unpaired) electrons. The molecule has 0 aromatic heterocycles. The van der Waals surface area contributed by atoms with Gasteiger partial charge in [-0.1, -0.05) is 58.3 Å². The fourth-order valence-corrected chi connectivity index (χ4v) is 2.47. The van der Waals surface area contributed by atoms with Crippen LogP contribution < -0.4 is 0 Å². The second-order valence-electron chi connectivity index (χ2n) is 4.64. The highest BCUT2D eigenvalue weighted by Gasteiger charge is 2.07. The summed E-state index contributed by atoms with van der Waals surface area (Å²) in [5, 5.41) is 9.28. The van der Waals surface area contributed by atoms with Gasteiger partial charge < -0.3 is 9.66 Å². The van der Waals surface area contributed by atoms with Crippen LogP contribution in [0.25, 0.3) is 0 Å². The maximum absolute atomic E-state index is 10.4. The van der Waals surface area contributed by atoms with Gasteiger partial charge in [-0.3, -0.25) is 0 Å². The third-order valence-corrected chi connectivity index (χ3v) is 3.58. The molecule has 1 N–H and O–H groups in total. The quantitative estimate of drug-likeness (QED) is 0.460. The number of aliphatic hydroxyl groups is 1. The lowest BCUT2D eigenvalue weighted by molar-refractivity contribution is 0.180. The highest BCUT2D eigenvalue weighted by Crippen LogP contribution is 2.11. The van der Waals surface area contributed by atoms with Crippen molar-refractivity contribution in [3.63, 3.8) is 0 Å². The minimum absolute atomic E-state index is 0.413. The zero-order valence-corrected chi connectivity index (χ0v) is 11.5. The molecule has 17 heavy (non-hydrogen) atoms. The van der Waals surface area contributed by atoms with E-state index in [0.717, 1.165) is 19.3 Å².